The lowest BCUT2D eigenvalue weighted by Crippen LogP contribution is -2.37. The number of hydrogen-bond acceptors (Lipinski definition) is 5. The number of aromatic nitrogens is 2. The maximum absolute atomic E-state index is 12.6. The Bertz CT molecular complexity index is 785. The number of benzene rings is 1. The van der Waals surface area contributed by atoms with Gasteiger partial charge in [0.2, 0.25) is 11.9 Å². The molecule has 1 saturated carbocycles. The Balaban J connectivity index is 1.50. The number of anilines is 2. The van der Waals surface area contributed by atoms with E-state index in [4.69, 9.17) is 0 Å². The molecule has 1 aromatic heterocycles. The van der Waals surface area contributed by atoms with E-state index in [0.717, 1.165) is 42.6 Å². The number of rotatable bonds is 6. The van der Waals surface area contributed by atoms with Crippen molar-refractivity contribution in [2.24, 2.45) is 5.92 Å². The van der Waals surface area contributed by atoms with Gasteiger partial charge in [0.15, 0.2) is 0 Å². The van der Waals surface area contributed by atoms with Gasteiger partial charge in [-0.25, -0.2) is 4.98 Å². The summed E-state index contributed by atoms with van der Waals surface area (Å²) >= 11 is 0. The largest absolute Gasteiger partial charge is 0.362 e. The number of carbonyl (C=O) groups is 1. The van der Waals surface area contributed by atoms with Crippen molar-refractivity contribution in [3.05, 3.63) is 47.7 Å². The molecule has 150 valence electrons. The Labute approximate surface area is 167 Å². The molecule has 1 atom stereocenters. The van der Waals surface area contributed by atoms with E-state index in [2.05, 4.69) is 32.7 Å². The maximum Gasteiger partial charge on any atom is 0.224 e. The number of amides is 1. The molecule has 0 radical (unpaired) electrons. The summed E-state index contributed by atoms with van der Waals surface area (Å²) in [7, 11) is 3.97. The van der Waals surface area contributed by atoms with Gasteiger partial charge >= 0.3 is 0 Å². The van der Waals surface area contributed by atoms with Crippen LogP contribution < -0.4 is 15.5 Å². The molecule has 6 nitrogen and oxygen atoms in total. The molecule has 6 heteroatoms. The van der Waals surface area contributed by atoms with Crippen molar-refractivity contribution in [3.63, 3.8) is 0 Å². The molecule has 1 fully saturated rings. The first-order valence-electron chi connectivity index (χ1n) is 10.1. The summed E-state index contributed by atoms with van der Waals surface area (Å²) in [6.07, 6.45) is 5.53. The van der Waals surface area contributed by atoms with Crippen LogP contribution in [0.25, 0.3) is 0 Å². The molecule has 28 heavy (non-hydrogen) atoms. The van der Waals surface area contributed by atoms with Gasteiger partial charge in [0.25, 0.3) is 0 Å². The van der Waals surface area contributed by atoms with Crippen LogP contribution >= 0.6 is 0 Å². The first kappa shape index (κ1) is 20.1. The average Bonchev–Trinajstić information content (AvgIpc) is 2.70. The van der Waals surface area contributed by atoms with Gasteiger partial charge in [0.1, 0.15) is 5.82 Å². The molecule has 0 saturated heterocycles. The predicted octanol–water partition coefficient (Wildman–Crippen LogP) is 3.70. The van der Waals surface area contributed by atoms with Crippen LogP contribution in [0.2, 0.25) is 0 Å². The number of aryl methyl sites for hydroxylation is 1. The molecule has 0 bridgehead atoms. The summed E-state index contributed by atoms with van der Waals surface area (Å²) in [4.78, 5) is 23.7. The van der Waals surface area contributed by atoms with E-state index in [1.165, 1.54) is 0 Å². The topological polar surface area (TPSA) is 70.1 Å². The van der Waals surface area contributed by atoms with Crippen LogP contribution in [0, 0.1) is 12.8 Å². The van der Waals surface area contributed by atoms with E-state index in [-0.39, 0.29) is 17.9 Å². The second kappa shape index (κ2) is 9.04. The van der Waals surface area contributed by atoms with E-state index in [1.807, 2.05) is 57.2 Å². The van der Waals surface area contributed by atoms with Gasteiger partial charge in [0, 0.05) is 37.8 Å². The fourth-order valence-corrected chi connectivity index (χ4v) is 3.79. The Morgan fingerprint density at radius 2 is 1.82 bits per heavy atom. The monoisotopic (exact) mass is 381 g/mol. The van der Waals surface area contributed by atoms with E-state index >= 15 is 0 Å². The second-order valence-corrected chi connectivity index (χ2v) is 7.93. The van der Waals surface area contributed by atoms with Crippen LogP contribution in [-0.4, -0.2) is 36.0 Å². The molecule has 1 aliphatic carbocycles. The molecular weight excluding hydrogens is 350 g/mol. The minimum absolute atomic E-state index is 0.0370. The highest BCUT2D eigenvalue weighted by Crippen LogP contribution is 2.27. The summed E-state index contributed by atoms with van der Waals surface area (Å²) in [5, 5.41) is 6.62. The molecule has 2 aromatic rings. The van der Waals surface area contributed by atoms with E-state index in [0.29, 0.717) is 12.0 Å². The molecular formula is C22H31N5O. The molecule has 1 amide bonds. The number of hydrogen-bond donors (Lipinski definition) is 2. The van der Waals surface area contributed by atoms with Gasteiger partial charge in [-0.05, 0) is 45.1 Å². The predicted molar refractivity (Wildman–Crippen MR) is 113 cm³/mol. The number of nitrogens with zero attached hydrogens (tertiary/aromatic N) is 3. The summed E-state index contributed by atoms with van der Waals surface area (Å²) < 4.78 is 0. The second-order valence-electron chi connectivity index (χ2n) is 7.93. The Kier molecular flexibility index (Phi) is 6.49. The van der Waals surface area contributed by atoms with Crippen LogP contribution in [-0.2, 0) is 4.79 Å². The van der Waals surface area contributed by atoms with Crippen molar-refractivity contribution < 1.29 is 4.79 Å². The zero-order chi connectivity index (χ0) is 20.1. The average molecular weight is 382 g/mol. The normalized spacial score (nSPS) is 20.3. The third-order valence-electron chi connectivity index (χ3n) is 5.46. The van der Waals surface area contributed by atoms with Crippen molar-refractivity contribution >= 4 is 17.7 Å². The first-order chi connectivity index (χ1) is 13.4. The number of carbonyl (C=O) groups excluding carboxylic acids is 1. The molecule has 0 spiro atoms. The Hall–Kier alpha value is -2.63. The lowest BCUT2D eigenvalue weighted by molar-refractivity contribution is -0.126. The highest BCUT2D eigenvalue weighted by atomic mass is 16.1. The third kappa shape index (κ3) is 5.00. The van der Waals surface area contributed by atoms with Crippen LogP contribution in [0.1, 0.15) is 49.8 Å². The van der Waals surface area contributed by atoms with Crippen molar-refractivity contribution in [1.29, 1.82) is 0 Å². The van der Waals surface area contributed by atoms with Gasteiger partial charge in [-0.2, -0.15) is 4.98 Å². The van der Waals surface area contributed by atoms with Gasteiger partial charge < -0.3 is 15.5 Å². The lowest BCUT2D eigenvalue weighted by Gasteiger charge is -2.29. The maximum atomic E-state index is 12.6. The van der Waals surface area contributed by atoms with Crippen molar-refractivity contribution in [2.75, 3.05) is 24.3 Å². The summed E-state index contributed by atoms with van der Waals surface area (Å²) in [6, 6.07) is 10.5. The lowest BCUT2D eigenvalue weighted by atomic mass is 9.85. The fourth-order valence-electron chi connectivity index (χ4n) is 3.79. The zero-order valence-corrected chi connectivity index (χ0v) is 17.3. The van der Waals surface area contributed by atoms with E-state index in [1.54, 1.807) is 0 Å². The fraction of sp³-hybridized carbons (Fsp3) is 0.500. The van der Waals surface area contributed by atoms with Crippen LogP contribution in [0.15, 0.2) is 36.5 Å². The van der Waals surface area contributed by atoms with Crippen molar-refractivity contribution in [1.82, 2.24) is 15.3 Å². The molecule has 0 aliphatic heterocycles. The minimum atomic E-state index is 0.0370. The minimum Gasteiger partial charge on any atom is -0.362 e. The summed E-state index contributed by atoms with van der Waals surface area (Å²) in [5.41, 5.74) is 2.20. The zero-order valence-electron chi connectivity index (χ0n) is 17.3. The van der Waals surface area contributed by atoms with Gasteiger partial charge in [-0.15, -0.1) is 0 Å². The SMILES string of the molecule is Cc1cnc(NC2CCC(C(=O)N[C@H](C)c3ccccc3)CC2)nc1N(C)C. The Morgan fingerprint density at radius 1 is 1.14 bits per heavy atom. The highest BCUT2D eigenvalue weighted by molar-refractivity contribution is 5.79. The summed E-state index contributed by atoms with van der Waals surface area (Å²) in [6.45, 7) is 4.05. The van der Waals surface area contributed by atoms with Gasteiger partial charge in [-0.1, -0.05) is 30.3 Å². The third-order valence-corrected chi connectivity index (χ3v) is 5.46. The van der Waals surface area contributed by atoms with Gasteiger partial charge in [-0.3, -0.25) is 4.79 Å². The quantitative estimate of drug-likeness (QED) is 0.798. The Morgan fingerprint density at radius 3 is 2.46 bits per heavy atom. The molecule has 1 heterocycles. The standard InChI is InChI=1S/C22H31N5O/c1-15-14-23-22(26-20(15)27(3)4)25-19-12-10-18(11-13-19)21(28)24-16(2)17-8-6-5-7-9-17/h5-9,14,16,18-19H,10-13H2,1-4H3,(H,24,28)(H,23,25,26)/t16-,18?,19?/m1/s1. The van der Waals surface area contributed by atoms with Crippen LogP contribution in [0.5, 0.6) is 0 Å². The van der Waals surface area contributed by atoms with Gasteiger partial charge in [0.05, 0.1) is 6.04 Å². The number of nitrogens with one attached hydrogen (secondary N) is 2. The van der Waals surface area contributed by atoms with Crippen LogP contribution in [0.4, 0.5) is 11.8 Å². The van der Waals surface area contributed by atoms with Crippen LogP contribution in [0.3, 0.4) is 0 Å². The van der Waals surface area contributed by atoms with E-state index < -0.39 is 0 Å². The molecule has 3 rings (SSSR count). The van der Waals surface area contributed by atoms with E-state index in [9.17, 15) is 4.79 Å². The van der Waals surface area contributed by atoms with Crippen molar-refractivity contribution in [2.45, 2.75) is 51.6 Å². The van der Waals surface area contributed by atoms with Crippen molar-refractivity contribution in [3.8, 4) is 0 Å². The molecule has 1 aliphatic rings. The summed E-state index contributed by atoms with van der Waals surface area (Å²) in [5.74, 6) is 1.84. The molecule has 1 aromatic carbocycles. The molecule has 0 unspecified atom stereocenters. The smallest absolute Gasteiger partial charge is 0.224 e. The molecule has 2 N–H and O–H groups in total. The first-order valence-corrected chi connectivity index (χ1v) is 10.1. The highest BCUT2D eigenvalue weighted by Gasteiger charge is 2.27.